The lowest BCUT2D eigenvalue weighted by Gasteiger charge is -2.20. The van der Waals surface area contributed by atoms with Crippen LogP contribution >= 0.6 is 0 Å². The van der Waals surface area contributed by atoms with Gasteiger partial charge < -0.3 is 15.8 Å². The van der Waals surface area contributed by atoms with Crippen molar-refractivity contribution >= 4 is 0 Å². The lowest BCUT2D eigenvalue weighted by atomic mass is 10.1. The van der Waals surface area contributed by atoms with Gasteiger partial charge in [-0.2, -0.15) is 0 Å². The Balaban J connectivity index is 2.78. The van der Waals surface area contributed by atoms with Gasteiger partial charge in [-0.3, -0.25) is 0 Å². The summed E-state index contributed by atoms with van der Waals surface area (Å²) in [6, 6.07) is 0.00238. The molecule has 1 heterocycles. The van der Waals surface area contributed by atoms with Crippen molar-refractivity contribution in [2.75, 3.05) is 6.61 Å². The van der Waals surface area contributed by atoms with Gasteiger partial charge in [-0.1, -0.05) is 0 Å². The molecular formula is C7H10F2N2O. The minimum absolute atomic E-state index is 0.286. The molecule has 1 aromatic rings. The number of aromatic nitrogens is 1. The summed E-state index contributed by atoms with van der Waals surface area (Å²) >= 11 is 0. The number of nitrogens with two attached hydrogens (primary N) is 1. The van der Waals surface area contributed by atoms with Crippen molar-refractivity contribution in [3.05, 3.63) is 24.0 Å². The number of alkyl halides is 2. The normalized spacial score (nSPS) is 14.7. The van der Waals surface area contributed by atoms with Crippen LogP contribution in [0.15, 0.2) is 18.5 Å². The van der Waals surface area contributed by atoms with E-state index in [2.05, 4.69) is 4.98 Å². The third-order valence-electron chi connectivity index (χ3n) is 1.65. The van der Waals surface area contributed by atoms with Crippen molar-refractivity contribution in [2.24, 2.45) is 5.73 Å². The predicted molar refractivity (Wildman–Crippen MR) is 39.8 cm³/mol. The van der Waals surface area contributed by atoms with Gasteiger partial charge in [0.1, 0.15) is 6.61 Å². The molecule has 0 aromatic carbocycles. The Labute approximate surface area is 68.2 Å². The maximum absolute atomic E-state index is 12.7. The molecule has 0 saturated carbocycles. The third-order valence-corrected chi connectivity index (χ3v) is 1.65. The van der Waals surface area contributed by atoms with Crippen LogP contribution in [0.3, 0.4) is 0 Å². The molecule has 0 aliphatic heterocycles. The number of halogens is 2. The highest BCUT2D eigenvalue weighted by Gasteiger charge is 2.37. The van der Waals surface area contributed by atoms with Crippen LogP contribution in [0.2, 0.25) is 0 Å². The second kappa shape index (κ2) is 3.20. The second-order valence-electron chi connectivity index (χ2n) is 2.54. The molecule has 12 heavy (non-hydrogen) atoms. The summed E-state index contributed by atoms with van der Waals surface area (Å²) in [5.74, 6) is -3.26. The Morgan fingerprint density at radius 3 is 2.75 bits per heavy atom. The van der Waals surface area contributed by atoms with Gasteiger partial charge >= 0.3 is 0 Å². The van der Waals surface area contributed by atoms with E-state index in [1.54, 1.807) is 0 Å². The summed E-state index contributed by atoms with van der Waals surface area (Å²) in [5, 5.41) is 8.32. The first kappa shape index (κ1) is 9.15. The molecule has 0 fully saturated rings. The smallest absolute Gasteiger partial charge is 0.289 e. The molecule has 0 amide bonds. The molecule has 4 N–H and O–H groups in total. The summed E-state index contributed by atoms with van der Waals surface area (Å²) in [6.07, 6.45) is 2.89. The quantitative estimate of drug-likeness (QED) is 0.633. The average molecular weight is 176 g/mol. The summed E-state index contributed by atoms with van der Waals surface area (Å²) in [5.41, 5.74) is 5.48. The van der Waals surface area contributed by atoms with E-state index in [0.717, 1.165) is 0 Å². The van der Waals surface area contributed by atoms with Gasteiger partial charge in [0.2, 0.25) is 0 Å². The molecule has 0 saturated heterocycles. The number of H-pyrrole nitrogens is 1. The highest BCUT2D eigenvalue weighted by atomic mass is 19.3. The van der Waals surface area contributed by atoms with Crippen LogP contribution in [0.1, 0.15) is 11.6 Å². The van der Waals surface area contributed by atoms with E-state index >= 15 is 0 Å². The standard InChI is InChI=1S/C7H10F2N2O/c8-7(9,4-12)6(10)5-1-2-11-3-5/h1-3,6,11-12H,4,10H2/t6-/m1/s1. The van der Waals surface area contributed by atoms with Crippen molar-refractivity contribution < 1.29 is 13.9 Å². The molecule has 3 nitrogen and oxygen atoms in total. The second-order valence-corrected chi connectivity index (χ2v) is 2.54. The first-order valence-corrected chi connectivity index (χ1v) is 3.45. The van der Waals surface area contributed by atoms with E-state index in [9.17, 15) is 8.78 Å². The van der Waals surface area contributed by atoms with Gasteiger partial charge in [-0.15, -0.1) is 0 Å². The number of aliphatic hydroxyl groups is 1. The fraction of sp³-hybridized carbons (Fsp3) is 0.429. The van der Waals surface area contributed by atoms with Crippen LogP contribution in [0.25, 0.3) is 0 Å². The largest absolute Gasteiger partial charge is 0.390 e. The number of nitrogens with one attached hydrogen (secondary N) is 1. The van der Waals surface area contributed by atoms with E-state index in [1.165, 1.54) is 18.5 Å². The molecule has 1 aromatic heterocycles. The van der Waals surface area contributed by atoms with Gasteiger partial charge in [0.05, 0.1) is 6.04 Å². The molecule has 5 heteroatoms. The topological polar surface area (TPSA) is 62.0 Å². The minimum atomic E-state index is -3.26. The van der Waals surface area contributed by atoms with Crippen molar-refractivity contribution in [3.63, 3.8) is 0 Å². The molecule has 0 radical (unpaired) electrons. The molecule has 0 aliphatic rings. The highest BCUT2D eigenvalue weighted by Crippen LogP contribution is 2.27. The van der Waals surface area contributed by atoms with E-state index in [4.69, 9.17) is 10.8 Å². The zero-order chi connectivity index (χ0) is 9.19. The SMILES string of the molecule is N[C@H](c1cc[nH]c1)C(F)(F)CO. The summed E-state index contributed by atoms with van der Waals surface area (Å²) in [7, 11) is 0. The first-order chi connectivity index (χ1) is 5.58. The Morgan fingerprint density at radius 1 is 1.67 bits per heavy atom. The maximum atomic E-state index is 12.7. The average Bonchev–Trinajstić information content (AvgIpc) is 2.55. The van der Waals surface area contributed by atoms with E-state index in [-0.39, 0.29) is 5.56 Å². The molecule has 1 rings (SSSR count). The molecule has 1 atom stereocenters. The van der Waals surface area contributed by atoms with Gasteiger partial charge in [0, 0.05) is 12.4 Å². The summed E-state index contributed by atoms with van der Waals surface area (Å²) in [6.45, 7) is -1.24. The number of hydrogen-bond donors (Lipinski definition) is 3. The van der Waals surface area contributed by atoms with Crippen LogP contribution in [0.5, 0.6) is 0 Å². The van der Waals surface area contributed by atoms with Gasteiger partial charge in [0.15, 0.2) is 0 Å². The highest BCUT2D eigenvalue weighted by molar-refractivity contribution is 5.16. The number of hydrogen-bond acceptors (Lipinski definition) is 2. The van der Waals surface area contributed by atoms with Gasteiger partial charge in [-0.25, -0.2) is 8.78 Å². The van der Waals surface area contributed by atoms with Crippen LogP contribution < -0.4 is 5.73 Å². The van der Waals surface area contributed by atoms with Crippen molar-refractivity contribution in [1.82, 2.24) is 4.98 Å². The molecule has 0 aliphatic carbocycles. The maximum Gasteiger partial charge on any atom is 0.289 e. The van der Waals surface area contributed by atoms with Crippen LogP contribution in [-0.4, -0.2) is 22.6 Å². The number of aliphatic hydroxyl groups excluding tert-OH is 1. The Hall–Kier alpha value is -0.940. The Bertz CT molecular complexity index is 236. The van der Waals surface area contributed by atoms with E-state index in [1.807, 2.05) is 0 Å². The van der Waals surface area contributed by atoms with Gasteiger partial charge in [-0.05, 0) is 11.6 Å². The summed E-state index contributed by atoms with van der Waals surface area (Å²) < 4.78 is 25.4. The summed E-state index contributed by atoms with van der Waals surface area (Å²) in [4.78, 5) is 2.61. The van der Waals surface area contributed by atoms with Crippen molar-refractivity contribution in [2.45, 2.75) is 12.0 Å². The van der Waals surface area contributed by atoms with Crippen LogP contribution in [0.4, 0.5) is 8.78 Å². The number of rotatable bonds is 3. The minimum Gasteiger partial charge on any atom is -0.390 e. The monoisotopic (exact) mass is 176 g/mol. The lowest BCUT2D eigenvalue weighted by molar-refractivity contribution is -0.0711. The zero-order valence-corrected chi connectivity index (χ0v) is 6.30. The van der Waals surface area contributed by atoms with E-state index < -0.39 is 18.6 Å². The Morgan fingerprint density at radius 2 is 2.33 bits per heavy atom. The van der Waals surface area contributed by atoms with Crippen LogP contribution in [0, 0.1) is 0 Å². The zero-order valence-electron chi connectivity index (χ0n) is 6.30. The van der Waals surface area contributed by atoms with Crippen LogP contribution in [-0.2, 0) is 0 Å². The van der Waals surface area contributed by atoms with Crippen molar-refractivity contribution in [1.29, 1.82) is 0 Å². The molecule has 0 unspecified atom stereocenters. The fourth-order valence-corrected chi connectivity index (χ4v) is 0.872. The van der Waals surface area contributed by atoms with Crippen molar-refractivity contribution in [3.8, 4) is 0 Å². The predicted octanol–water partition coefficient (Wildman–Crippen LogP) is 0.642. The molecule has 0 spiro atoms. The van der Waals surface area contributed by atoms with Gasteiger partial charge in [0.25, 0.3) is 5.92 Å². The number of aromatic amines is 1. The molecule has 0 bridgehead atoms. The third kappa shape index (κ3) is 1.62. The first-order valence-electron chi connectivity index (χ1n) is 3.45. The van der Waals surface area contributed by atoms with E-state index in [0.29, 0.717) is 0 Å². The fourth-order valence-electron chi connectivity index (χ4n) is 0.872. The molecule has 68 valence electrons. The molecular weight excluding hydrogens is 166 g/mol. The lowest BCUT2D eigenvalue weighted by Crippen LogP contribution is -2.35. The Kier molecular flexibility index (Phi) is 2.44.